The summed E-state index contributed by atoms with van der Waals surface area (Å²) in [6.45, 7) is 0. The molecule has 0 saturated carbocycles. The zero-order valence-electron chi connectivity index (χ0n) is 16.6. The van der Waals surface area contributed by atoms with Gasteiger partial charge in [-0.1, -0.05) is 0 Å². The van der Waals surface area contributed by atoms with E-state index in [1.165, 1.54) is 0 Å². The Bertz CT molecular complexity index is 801. The molecule has 0 radical (unpaired) electrons. The number of hydrogen-bond acceptors (Lipinski definition) is 12. The van der Waals surface area contributed by atoms with E-state index in [1.54, 1.807) is 0 Å². The number of aliphatic carboxylic acids is 6. The van der Waals surface area contributed by atoms with E-state index in [0.717, 1.165) is 0 Å². The maximum absolute atomic E-state index is 12.0. The number of carbonyl (C=O) groups excluding carboxylic acids is 2. The van der Waals surface area contributed by atoms with Crippen molar-refractivity contribution in [3.63, 3.8) is 0 Å². The van der Waals surface area contributed by atoms with Gasteiger partial charge in [-0.25, -0.2) is 19.2 Å². The summed E-state index contributed by atoms with van der Waals surface area (Å²) in [5.74, 6) is -17.0. The molecule has 0 spiro atoms. The van der Waals surface area contributed by atoms with Gasteiger partial charge in [0.05, 0.1) is 25.7 Å². The number of carboxylic acid groups (broad SMARTS) is 6. The Balaban J connectivity index is -0.000000907. The summed E-state index contributed by atoms with van der Waals surface area (Å²) in [7, 11) is 0. The Labute approximate surface area is 382 Å². The van der Waals surface area contributed by atoms with Gasteiger partial charge < -0.3 is 50.3 Å². The molecule has 0 amide bonds. The van der Waals surface area contributed by atoms with Crippen molar-refractivity contribution in [2.24, 2.45) is 0 Å². The van der Waals surface area contributed by atoms with Crippen molar-refractivity contribution < 1.29 is 88.7 Å². The average Bonchev–Trinajstić information content (AvgIpc) is 2.63. The van der Waals surface area contributed by atoms with Crippen LogP contribution in [0.1, 0.15) is 25.7 Å². The molecule has 0 aliphatic rings. The van der Waals surface area contributed by atoms with Gasteiger partial charge in [-0.2, -0.15) is 0 Å². The van der Waals surface area contributed by atoms with Gasteiger partial charge in [-0.3, -0.25) is 19.2 Å². The molecule has 18 nitrogen and oxygen atoms in total. The Morgan fingerprint density at radius 2 is 0.658 bits per heavy atom. The molecule has 2 unspecified atom stereocenters. The summed E-state index contributed by atoms with van der Waals surface area (Å²) in [6.07, 6.45) is -12.9. The summed E-state index contributed by atoms with van der Waals surface area (Å²) >= 11 is 0. The molecular formula is C16H22K4O18. The quantitative estimate of drug-likeness (QED) is 0.0599. The molecule has 22 heteroatoms. The molecule has 0 fully saturated rings. The van der Waals surface area contributed by atoms with Gasteiger partial charge in [0, 0.05) is 0 Å². The second-order valence-corrected chi connectivity index (χ2v) is 6.61. The van der Waals surface area contributed by atoms with Crippen LogP contribution in [-0.2, 0) is 47.8 Å². The van der Waals surface area contributed by atoms with Gasteiger partial charge >= 0.3 is 253 Å². The predicted molar refractivity (Wildman–Crippen MR) is 123 cm³/mol. The van der Waals surface area contributed by atoms with Gasteiger partial charge in [-0.05, 0) is 0 Å². The van der Waals surface area contributed by atoms with Crippen LogP contribution in [0.4, 0.5) is 0 Å². The van der Waals surface area contributed by atoms with Crippen molar-refractivity contribution in [1.29, 1.82) is 0 Å². The topological polar surface area (TPSA) is 317 Å². The van der Waals surface area contributed by atoms with E-state index in [9.17, 15) is 48.6 Å². The fourth-order valence-corrected chi connectivity index (χ4v) is 2.40. The third-order valence-corrected chi connectivity index (χ3v) is 3.90. The number of aliphatic hydroxyl groups excluding tert-OH is 2. The molecule has 2 atom stereocenters. The third-order valence-electron chi connectivity index (χ3n) is 3.90. The SMILES string of the molecule is O=C(O)CC(CC(=O)O)(OC(=O)C(O)C(O)C(=O)OC(CC(=O)O)(CC(=O)O)C(=O)O)C(=O)O.[KH].[KH].[KH].[KH]. The van der Waals surface area contributed by atoms with Gasteiger partial charge in [-0.15, -0.1) is 0 Å². The second-order valence-electron chi connectivity index (χ2n) is 6.61. The van der Waals surface area contributed by atoms with Crippen molar-refractivity contribution >= 4 is 253 Å². The minimum atomic E-state index is -3.32. The Hall–Kier alpha value is 2.23. The third kappa shape index (κ3) is 16.8. The van der Waals surface area contributed by atoms with Crippen molar-refractivity contribution in [1.82, 2.24) is 0 Å². The van der Waals surface area contributed by atoms with Crippen LogP contribution in [0.5, 0.6) is 0 Å². The van der Waals surface area contributed by atoms with Crippen LogP contribution in [0, 0.1) is 0 Å². The molecule has 0 aliphatic carbocycles. The van der Waals surface area contributed by atoms with Crippen LogP contribution in [-0.4, -0.2) is 318 Å². The van der Waals surface area contributed by atoms with E-state index in [2.05, 4.69) is 9.47 Å². The standard InChI is InChI=1S/C16H18O18.4K.4H/c17-5(18)1-15(13(29)30,2-6(19)20)33-11(27)9(25)10(26)12(28)34-16(14(31)32,3-7(21)22)4-8(23)24;;;;;;;;/h9-10,25-26H,1-4H2,(H,17,18)(H,19,20)(H,21,22)(H,23,24)(H,29,30)(H,31,32);;;;;;;;. The van der Waals surface area contributed by atoms with Crippen molar-refractivity contribution in [3.05, 3.63) is 0 Å². The first-order valence-electron chi connectivity index (χ1n) is 8.55. The van der Waals surface area contributed by atoms with Gasteiger partial charge in [0.15, 0.2) is 12.2 Å². The van der Waals surface area contributed by atoms with Gasteiger partial charge in [0.25, 0.3) is 0 Å². The molecule has 0 aliphatic heterocycles. The van der Waals surface area contributed by atoms with Crippen LogP contribution in [0.25, 0.3) is 0 Å². The molecule has 0 aromatic carbocycles. The van der Waals surface area contributed by atoms with E-state index in [1.807, 2.05) is 0 Å². The molecule has 0 bridgehead atoms. The molecule has 8 N–H and O–H groups in total. The summed E-state index contributed by atoms with van der Waals surface area (Å²) in [5.41, 5.74) is -6.65. The Kier molecular flexibility index (Phi) is 29.8. The van der Waals surface area contributed by atoms with E-state index >= 15 is 0 Å². The Morgan fingerprint density at radius 1 is 0.474 bits per heavy atom. The zero-order valence-corrected chi connectivity index (χ0v) is 16.6. The van der Waals surface area contributed by atoms with Crippen LogP contribution in [0.2, 0.25) is 0 Å². The first-order chi connectivity index (χ1) is 15.4. The summed E-state index contributed by atoms with van der Waals surface area (Å²) in [5, 5.41) is 73.1. The van der Waals surface area contributed by atoms with E-state index in [-0.39, 0.29) is 206 Å². The van der Waals surface area contributed by atoms with Crippen molar-refractivity contribution in [2.45, 2.75) is 49.1 Å². The van der Waals surface area contributed by atoms with Crippen LogP contribution in [0.15, 0.2) is 0 Å². The molecule has 0 heterocycles. The number of rotatable bonds is 15. The predicted octanol–water partition coefficient (Wildman–Crippen LogP) is -6.25. The number of carboxylic acids is 6. The summed E-state index contributed by atoms with van der Waals surface area (Å²) in [4.78, 5) is 90.5. The number of aliphatic hydroxyl groups is 2. The number of esters is 2. The minimum absolute atomic E-state index is 0. The zero-order chi connectivity index (χ0) is 27.0. The van der Waals surface area contributed by atoms with Crippen molar-refractivity contribution in [3.8, 4) is 0 Å². The van der Waals surface area contributed by atoms with E-state index < -0.39 is 96.8 Å². The van der Waals surface area contributed by atoms with E-state index in [0.29, 0.717) is 0 Å². The molecular weight excluding hydrogens is 637 g/mol. The average molecular weight is 659 g/mol. The van der Waals surface area contributed by atoms with Crippen molar-refractivity contribution in [2.75, 3.05) is 0 Å². The van der Waals surface area contributed by atoms with Gasteiger partial charge in [0.2, 0.25) is 11.2 Å². The Morgan fingerprint density at radius 3 is 0.789 bits per heavy atom. The first-order valence-corrected chi connectivity index (χ1v) is 8.55. The number of hydrogen-bond donors (Lipinski definition) is 8. The molecule has 0 rings (SSSR count). The van der Waals surface area contributed by atoms with E-state index in [4.69, 9.17) is 30.6 Å². The fraction of sp³-hybridized carbons (Fsp3) is 0.500. The molecule has 198 valence electrons. The molecule has 38 heavy (non-hydrogen) atoms. The maximum atomic E-state index is 12.0. The summed E-state index contributed by atoms with van der Waals surface area (Å²) < 4.78 is 8.48. The van der Waals surface area contributed by atoms with Crippen LogP contribution >= 0.6 is 0 Å². The van der Waals surface area contributed by atoms with Crippen LogP contribution in [0.3, 0.4) is 0 Å². The van der Waals surface area contributed by atoms with Gasteiger partial charge in [0.1, 0.15) is 0 Å². The van der Waals surface area contributed by atoms with Crippen LogP contribution < -0.4 is 0 Å². The second kappa shape index (κ2) is 22.7. The monoisotopic (exact) mass is 658 g/mol. The molecule has 0 aromatic heterocycles. The summed E-state index contributed by atoms with van der Waals surface area (Å²) in [6, 6.07) is 0. The fourth-order valence-electron chi connectivity index (χ4n) is 2.40. The molecule has 0 saturated heterocycles. The molecule has 0 aromatic rings. The normalized spacial score (nSPS) is 11.7. The number of carbonyl (C=O) groups is 8. The first kappa shape index (κ1) is 49.9. The number of ether oxygens (including phenoxy) is 2.